The molecule has 0 N–H and O–H groups in total. The van der Waals surface area contributed by atoms with E-state index in [1.807, 2.05) is 173 Å². The van der Waals surface area contributed by atoms with Gasteiger partial charge in [-0.05, 0) is 90.5 Å². The number of nitriles is 4. The standard InChI is InChI=1S/C44H41N8/c1-49(2)34-17-9-29(10-18-34)40(33(25-45)26-46)43(32-15-23-37(24-16-32)52(7)8)44-39(28-48)41(30-11-19-35(20-12-30)50(3)4)38(27-47)42(44)31-13-21-36(22-14-31)51(5)6/h9-24,39H,1-8H3/q+1. The van der Waals surface area contributed by atoms with E-state index in [1.165, 1.54) is 0 Å². The summed E-state index contributed by atoms with van der Waals surface area (Å²) in [4.78, 5) is 7.96. The van der Waals surface area contributed by atoms with Crippen LogP contribution in [0.2, 0.25) is 0 Å². The van der Waals surface area contributed by atoms with Gasteiger partial charge in [0.15, 0.2) is 5.57 Å². The molecule has 0 spiro atoms. The predicted molar refractivity (Wildman–Crippen MR) is 212 cm³/mol. The summed E-state index contributed by atoms with van der Waals surface area (Å²) in [6.07, 6.45) is 0. The second kappa shape index (κ2) is 15.3. The van der Waals surface area contributed by atoms with Crippen molar-refractivity contribution >= 4 is 39.5 Å². The van der Waals surface area contributed by atoms with E-state index < -0.39 is 5.92 Å². The van der Waals surface area contributed by atoms with Crippen LogP contribution >= 0.6 is 0 Å². The van der Waals surface area contributed by atoms with Gasteiger partial charge in [0.2, 0.25) is 0 Å². The molecule has 0 heterocycles. The molecule has 0 bridgehead atoms. The van der Waals surface area contributed by atoms with E-state index in [1.54, 1.807) is 0 Å². The molecule has 1 unspecified atom stereocenters. The van der Waals surface area contributed by atoms with Gasteiger partial charge in [0.05, 0.1) is 28.7 Å². The van der Waals surface area contributed by atoms with Gasteiger partial charge in [0.1, 0.15) is 29.7 Å². The lowest BCUT2D eigenvalue weighted by Gasteiger charge is -2.23. The van der Waals surface area contributed by atoms with Crippen LogP contribution in [0.15, 0.2) is 114 Å². The van der Waals surface area contributed by atoms with E-state index in [4.69, 9.17) is 0 Å². The van der Waals surface area contributed by atoms with Crippen molar-refractivity contribution in [3.05, 3.63) is 142 Å². The van der Waals surface area contributed by atoms with Crippen molar-refractivity contribution in [2.24, 2.45) is 5.92 Å². The van der Waals surface area contributed by atoms with Gasteiger partial charge < -0.3 is 19.6 Å². The lowest BCUT2D eigenvalue weighted by Crippen LogP contribution is -2.16. The Morgan fingerprint density at radius 1 is 0.538 bits per heavy atom. The van der Waals surface area contributed by atoms with Crippen LogP contribution in [-0.4, -0.2) is 56.4 Å². The highest BCUT2D eigenvalue weighted by Gasteiger charge is 2.46. The van der Waals surface area contributed by atoms with Gasteiger partial charge in [-0.25, -0.2) is 0 Å². The van der Waals surface area contributed by atoms with Crippen molar-refractivity contribution in [1.29, 1.82) is 21.0 Å². The largest absolute Gasteiger partial charge is 0.378 e. The third-order valence-corrected chi connectivity index (χ3v) is 9.31. The van der Waals surface area contributed by atoms with Crippen molar-refractivity contribution < 1.29 is 0 Å². The van der Waals surface area contributed by atoms with Crippen molar-refractivity contribution in [3.8, 4) is 24.3 Å². The van der Waals surface area contributed by atoms with Gasteiger partial charge in [-0.3, -0.25) is 0 Å². The molecule has 8 heteroatoms. The second-order valence-electron chi connectivity index (χ2n) is 13.4. The third-order valence-electron chi connectivity index (χ3n) is 9.31. The van der Waals surface area contributed by atoms with E-state index >= 15 is 0 Å². The summed E-state index contributed by atoms with van der Waals surface area (Å²) in [5.74, 6) is -0.367. The quantitative estimate of drug-likeness (QED) is 0.123. The van der Waals surface area contributed by atoms with Gasteiger partial charge in [0.25, 0.3) is 0 Å². The normalized spacial score (nSPS) is 13.3. The second-order valence-corrected chi connectivity index (χ2v) is 13.4. The average Bonchev–Trinajstić information content (AvgIpc) is 3.48. The number of rotatable bonds is 10. The average molecular weight is 682 g/mol. The summed E-state index contributed by atoms with van der Waals surface area (Å²) >= 11 is 0. The smallest absolute Gasteiger partial charge is 0.190 e. The van der Waals surface area contributed by atoms with Gasteiger partial charge in [-0.15, -0.1) is 0 Å². The Hall–Kier alpha value is -6.87. The maximum Gasteiger partial charge on any atom is 0.190 e. The molecule has 0 fully saturated rings. The fourth-order valence-electron chi connectivity index (χ4n) is 6.53. The minimum Gasteiger partial charge on any atom is -0.378 e. The minimum atomic E-state index is -0.915. The molecule has 0 aromatic heterocycles. The summed E-state index contributed by atoms with van der Waals surface area (Å²) in [5.41, 5.74) is 9.11. The van der Waals surface area contributed by atoms with E-state index in [0.29, 0.717) is 44.9 Å². The van der Waals surface area contributed by atoms with Crippen LogP contribution in [0.5, 0.6) is 0 Å². The summed E-state index contributed by atoms with van der Waals surface area (Å²) < 4.78 is 0. The van der Waals surface area contributed by atoms with Crippen molar-refractivity contribution in [1.82, 2.24) is 0 Å². The summed E-state index contributed by atoms with van der Waals surface area (Å²) in [6, 6.07) is 40.7. The molecule has 0 amide bonds. The third kappa shape index (κ3) is 6.93. The van der Waals surface area contributed by atoms with Crippen LogP contribution in [-0.2, 0) is 0 Å². The van der Waals surface area contributed by atoms with E-state index in [2.05, 4.69) is 24.3 Å². The van der Waals surface area contributed by atoms with Crippen molar-refractivity contribution in [2.75, 3.05) is 76.0 Å². The molecule has 256 valence electrons. The van der Waals surface area contributed by atoms with Gasteiger partial charge in [0, 0.05) is 101 Å². The first-order valence-corrected chi connectivity index (χ1v) is 16.8. The summed E-state index contributed by atoms with van der Waals surface area (Å²) in [6.45, 7) is 0. The SMILES string of the molecule is CN(C)c1ccc(C2=C([C+](C(=C(C#N)C#N)c3ccc(N(C)C)cc3)c3ccc(N(C)C)cc3)C(C#N)C(c3ccc(N(C)C)cc3)=C2C#N)cc1. The highest BCUT2D eigenvalue weighted by molar-refractivity contribution is 6.07. The molecule has 1 atom stereocenters. The highest BCUT2D eigenvalue weighted by atomic mass is 15.1. The molecule has 4 aromatic rings. The van der Waals surface area contributed by atoms with Crippen LogP contribution in [0, 0.1) is 57.2 Å². The maximum absolute atomic E-state index is 11.2. The molecule has 0 radical (unpaired) electrons. The monoisotopic (exact) mass is 681 g/mol. The molecule has 0 saturated heterocycles. The van der Waals surface area contributed by atoms with Gasteiger partial charge >= 0.3 is 0 Å². The zero-order valence-corrected chi connectivity index (χ0v) is 30.9. The fourth-order valence-corrected chi connectivity index (χ4v) is 6.53. The molecule has 52 heavy (non-hydrogen) atoms. The van der Waals surface area contributed by atoms with Crippen LogP contribution in [0.25, 0.3) is 16.7 Å². The molecule has 0 aliphatic heterocycles. The molecular weight excluding hydrogens is 641 g/mol. The molecule has 4 aromatic carbocycles. The minimum absolute atomic E-state index is 0.0990. The number of allylic oxidation sites excluding steroid dienone is 6. The Bertz CT molecular complexity index is 2190. The molecule has 1 aliphatic carbocycles. The van der Waals surface area contributed by atoms with Crippen LogP contribution < -0.4 is 19.6 Å². The summed E-state index contributed by atoms with van der Waals surface area (Å²) in [5, 5.41) is 43.3. The number of hydrogen-bond acceptors (Lipinski definition) is 8. The van der Waals surface area contributed by atoms with Gasteiger partial charge in [-0.2, -0.15) is 21.0 Å². The molecule has 0 saturated carbocycles. The number of anilines is 4. The lowest BCUT2D eigenvalue weighted by molar-refractivity contribution is 1.00. The number of benzene rings is 4. The molecular formula is C44H41N8+. The van der Waals surface area contributed by atoms with Crippen LogP contribution in [0.4, 0.5) is 22.7 Å². The molecule has 5 rings (SSSR count). The Labute approximate surface area is 307 Å². The Morgan fingerprint density at radius 2 is 0.942 bits per heavy atom. The topological polar surface area (TPSA) is 108 Å². The molecule has 8 nitrogen and oxygen atoms in total. The van der Waals surface area contributed by atoms with Crippen molar-refractivity contribution in [3.63, 3.8) is 0 Å². The van der Waals surface area contributed by atoms with Crippen molar-refractivity contribution in [2.45, 2.75) is 0 Å². The number of hydrogen-bond donors (Lipinski definition) is 0. The highest BCUT2D eigenvalue weighted by Crippen LogP contribution is 2.55. The lowest BCUT2D eigenvalue weighted by atomic mass is 9.73. The Balaban J connectivity index is 1.93. The van der Waals surface area contributed by atoms with Crippen LogP contribution in [0.3, 0.4) is 0 Å². The zero-order chi connectivity index (χ0) is 37.7. The van der Waals surface area contributed by atoms with E-state index in [-0.39, 0.29) is 5.57 Å². The predicted octanol–water partition coefficient (Wildman–Crippen LogP) is 7.96. The first-order valence-electron chi connectivity index (χ1n) is 16.8. The first kappa shape index (κ1) is 36.4. The van der Waals surface area contributed by atoms with Gasteiger partial charge in [-0.1, -0.05) is 12.1 Å². The Kier molecular flexibility index (Phi) is 10.7. The molecule has 1 aliphatic rings. The van der Waals surface area contributed by atoms with Crippen LogP contribution in [0.1, 0.15) is 22.3 Å². The number of nitrogens with zero attached hydrogens (tertiary/aromatic N) is 8. The van der Waals surface area contributed by atoms with E-state index in [0.717, 1.165) is 33.9 Å². The Morgan fingerprint density at radius 3 is 1.33 bits per heavy atom. The first-order chi connectivity index (χ1) is 24.9. The fraction of sp³-hybridized carbons (Fsp3) is 0.205. The zero-order valence-electron chi connectivity index (χ0n) is 30.9. The maximum atomic E-state index is 11.2. The summed E-state index contributed by atoms with van der Waals surface area (Å²) in [7, 11) is 15.7. The van der Waals surface area contributed by atoms with E-state index in [9.17, 15) is 21.0 Å².